The largest absolute Gasteiger partial charge is 0.493 e. The molecule has 1 aliphatic heterocycles. The zero-order chi connectivity index (χ0) is 18.6. The first kappa shape index (κ1) is 17.5. The van der Waals surface area contributed by atoms with Gasteiger partial charge in [-0.2, -0.15) is 0 Å². The Bertz CT molecular complexity index is 945. The molecule has 0 aliphatic carbocycles. The van der Waals surface area contributed by atoms with Crippen LogP contribution in [-0.2, 0) is 4.79 Å². The number of ether oxygens (including phenoxy) is 1. The zero-order valence-electron chi connectivity index (χ0n) is 14.2. The first-order chi connectivity index (χ1) is 13.2. The number of aromatic nitrogens is 2. The van der Waals surface area contributed by atoms with Gasteiger partial charge in [0.15, 0.2) is 0 Å². The van der Waals surface area contributed by atoms with Gasteiger partial charge in [0.25, 0.3) is 5.22 Å². The number of nitrogens with zero attached hydrogens (tertiary/aromatic N) is 2. The van der Waals surface area contributed by atoms with Gasteiger partial charge in [-0.3, -0.25) is 4.79 Å². The van der Waals surface area contributed by atoms with E-state index in [0.29, 0.717) is 12.2 Å². The normalized spacial score (nSPS) is 15.7. The van der Waals surface area contributed by atoms with Crippen molar-refractivity contribution >= 4 is 17.7 Å². The van der Waals surface area contributed by atoms with E-state index < -0.39 is 0 Å². The van der Waals surface area contributed by atoms with Crippen LogP contribution >= 0.6 is 11.8 Å². The number of fused-ring (bicyclic) bond motifs is 1. The Balaban J connectivity index is 1.34. The third-order valence-electron chi connectivity index (χ3n) is 4.12. The Labute approximate surface area is 159 Å². The number of carbonyl (C=O) groups is 1. The molecule has 1 atom stereocenters. The summed E-state index contributed by atoms with van der Waals surface area (Å²) in [5.41, 5.74) is 1.61. The molecule has 0 unspecified atom stereocenters. The summed E-state index contributed by atoms with van der Waals surface area (Å²) in [6.45, 7) is 0.569. The number of benzene rings is 2. The molecular formula is C19H16FN3O3S. The van der Waals surface area contributed by atoms with Crippen molar-refractivity contribution in [2.75, 3.05) is 12.4 Å². The van der Waals surface area contributed by atoms with Gasteiger partial charge in [0, 0.05) is 17.5 Å². The van der Waals surface area contributed by atoms with Crippen LogP contribution in [0.5, 0.6) is 5.75 Å². The third kappa shape index (κ3) is 4.11. The first-order valence-corrected chi connectivity index (χ1v) is 9.41. The molecule has 8 heteroatoms. The topological polar surface area (TPSA) is 77.2 Å². The predicted octanol–water partition coefficient (Wildman–Crippen LogP) is 3.61. The molecule has 0 saturated carbocycles. The lowest BCUT2D eigenvalue weighted by molar-refractivity contribution is -0.119. The molecule has 0 saturated heterocycles. The molecule has 1 aliphatic rings. The van der Waals surface area contributed by atoms with Crippen molar-refractivity contribution in [3.05, 3.63) is 59.9 Å². The van der Waals surface area contributed by atoms with Crippen molar-refractivity contribution in [2.24, 2.45) is 0 Å². The van der Waals surface area contributed by atoms with Crippen LogP contribution in [0.3, 0.4) is 0 Å². The summed E-state index contributed by atoms with van der Waals surface area (Å²) < 4.78 is 24.1. The van der Waals surface area contributed by atoms with Crippen molar-refractivity contribution in [3.8, 4) is 17.2 Å². The lowest BCUT2D eigenvalue weighted by Gasteiger charge is -2.26. The van der Waals surface area contributed by atoms with Gasteiger partial charge in [-0.25, -0.2) is 4.39 Å². The van der Waals surface area contributed by atoms with E-state index in [4.69, 9.17) is 9.15 Å². The number of nitrogens with one attached hydrogen (secondary N) is 1. The van der Waals surface area contributed by atoms with Gasteiger partial charge in [-0.15, -0.1) is 10.2 Å². The van der Waals surface area contributed by atoms with E-state index in [-0.39, 0.29) is 34.6 Å². The van der Waals surface area contributed by atoms with Crippen molar-refractivity contribution in [1.29, 1.82) is 0 Å². The molecule has 27 heavy (non-hydrogen) atoms. The Morgan fingerprint density at radius 3 is 2.85 bits per heavy atom. The molecule has 2 aromatic carbocycles. The number of thioether (sulfide) groups is 1. The maximum Gasteiger partial charge on any atom is 0.277 e. The monoisotopic (exact) mass is 385 g/mol. The fourth-order valence-corrected chi connectivity index (χ4v) is 3.41. The Kier molecular flexibility index (Phi) is 5.06. The molecule has 0 spiro atoms. The lowest BCUT2D eigenvalue weighted by Crippen LogP contribution is -2.33. The molecule has 138 valence electrons. The van der Waals surface area contributed by atoms with Gasteiger partial charge in [-0.1, -0.05) is 30.0 Å². The van der Waals surface area contributed by atoms with Crippen molar-refractivity contribution in [3.63, 3.8) is 0 Å². The number of para-hydroxylation sites is 1. The Hall–Kier alpha value is -2.87. The summed E-state index contributed by atoms with van der Waals surface area (Å²) in [5, 5.41) is 11.2. The highest BCUT2D eigenvalue weighted by molar-refractivity contribution is 7.99. The molecule has 3 aromatic rings. The van der Waals surface area contributed by atoms with E-state index in [0.717, 1.165) is 29.5 Å². The highest BCUT2D eigenvalue weighted by Crippen LogP contribution is 2.31. The van der Waals surface area contributed by atoms with Gasteiger partial charge >= 0.3 is 0 Å². The van der Waals surface area contributed by atoms with E-state index in [2.05, 4.69) is 15.5 Å². The minimum Gasteiger partial charge on any atom is -0.493 e. The minimum atomic E-state index is -0.334. The molecule has 1 aromatic heterocycles. The summed E-state index contributed by atoms with van der Waals surface area (Å²) in [6.07, 6.45) is 0.725. The van der Waals surface area contributed by atoms with E-state index in [9.17, 15) is 9.18 Å². The van der Waals surface area contributed by atoms with Gasteiger partial charge in [-0.05, 0) is 30.3 Å². The number of hydrogen-bond acceptors (Lipinski definition) is 6. The van der Waals surface area contributed by atoms with Crippen LogP contribution in [0, 0.1) is 5.82 Å². The number of carbonyl (C=O) groups excluding carboxylic acids is 1. The zero-order valence-corrected chi connectivity index (χ0v) is 15.0. The van der Waals surface area contributed by atoms with Crippen LogP contribution in [0.1, 0.15) is 18.0 Å². The molecule has 2 heterocycles. The fraction of sp³-hybridized carbons (Fsp3) is 0.211. The number of halogens is 1. The summed E-state index contributed by atoms with van der Waals surface area (Å²) in [4.78, 5) is 12.3. The molecule has 0 bridgehead atoms. The second-order valence-corrected chi connectivity index (χ2v) is 6.89. The van der Waals surface area contributed by atoms with Crippen LogP contribution in [0.4, 0.5) is 4.39 Å². The second-order valence-electron chi connectivity index (χ2n) is 5.96. The molecular weight excluding hydrogens is 369 g/mol. The van der Waals surface area contributed by atoms with Crippen molar-refractivity contribution in [1.82, 2.24) is 15.5 Å². The SMILES string of the molecule is O=C(CSc1nnc(-c2ccc(F)cc2)o1)N[C@@H]1CCOc2ccccc21. The van der Waals surface area contributed by atoms with Gasteiger partial charge in [0.05, 0.1) is 18.4 Å². The van der Waals surface area contributed by atoms with E-state index >= 15 is 0 Å². The highest BCUT2D eigenvalue weighted by Gasteiger charge is 2.22. The van der Waals surface area contributed by atoms with Crippen LogP contribution < -0.4 is 10.1 Å². The van der Waals surface area contributed by atoms with Gasteiger partial charge in [0.1, 0.15) is 11.6 Å². The quantitative estimate of drug-likeness (QED) is 0.676. The van der Waals surface area contributed by atoms with Crippen LogP contribution in [-0.4, -0.2) is 28.5 Å². The van der Waals surface area contributed by atoms with Crippen LogP contribution in [0.25, 0.3) is 11.5 Å². The Morgan fingerprint density at radius 1 is 1.19 bits per heavy atom. The average molecular weight is 385 g/mol. The lowest BCUT2D eigenvalue weighted by atomic mass is 10.0. The summed E-state index contributed by atoms with van der Waals surface area (Å²) in [6, 6.07) is 13.4. The summed E-state index contributed by atoms with van der Waals surface area (Å²) >= 11 is 1.16. The molecule has 1 N–H and O–H groups in total. The molecule has 1 amide bonds. The Morgan fingerprint density at radius 2 is 2.00 bits per heavy atom. The predicted molar refractivity (Wildman–Crippen MR) is 97.9 cm³/mol. The van der Waals surface area contributed by atoms with E-state index in [1.54, 1.807) is 12.1 Å². The first-order valence-electron chi connectivity index (χ1n) is 8.42. The standard InChI is InChI=1S/C19H16FN3O3S/c20-13-7-5-12(6-8-13)18-22-23-19(26-18)27-11-17(24)21-15-9-10-25-16-4-2-1-3-14(15)16/h1-8,15H,9-11H2,(H,21,24)/t15-/m1/s1. The molecule has 0 fully saturated rings. The maximum absolute atomic E-state index is 13.0. The molecule has 6 nitrogen and oxygen atoms in total. The maximum atomic E-state index is 13.0. The van der Waals surface area contributed by atoms with Crippen molar-refractivity contribution in [2.45, 2.75) is 17.7 Å². The summed E-state index contributed by atoms with van der Waals surface area (Å²) in [7, 11) is 0. The summed E-state index contributed by atoms with van der Waals surface area (Å²) in [5.74, 6) is 0.797. The van der Waals surface area contributed by atoms with Crippen LogP contribution in [0.15, 0.2) is 58.2 Å². The minimum absolute atomic E-state index is 0.0690. The van der Waals surface area contributed by atoms with Crippen LogP contribution in [0.2, 0.25) is 0 Å². The second kappa shape index (κ2) is 7.79. The van der Waals surface area contributed by atoms with E-state index in [1.807, 2.05) is 24.3 Å². The number of hydrogen-bond donors (Lipinski definition) is 1. The van der Waals surface area contributed by atoms with E-state index in [1.165, 1.54) is 12.1 Å². The van der Waals surface area contributed by atoms with Gasteiger partial charge in [0.2, 0.25) is 11.8 Å². The number of rotatable bonds is 5. The average Bonchev–Trinajstić information content (AvgIpc) is 3.16. The third-order valence-corrected chi connectivity index (χ3v) is 4.94. The van der Waals surface area contributed by atoms with Gasteiger partial charge < -0.3 is 14.5 Å². The molecule has 4 rings (SSSR count). The number of amides is 1. The van der Waals surface area contributed by atoms with Crippen molar-refractivity contribution < 1.29 is 18.3 Å². The molecule has 0 radical (unpaired) electrons. The highest BCUT2D eigenvalue weighted by atomic mass is 32.2. The fourth-order valence-electron chi connectivity index (χ4n) is 2.83. The smallest absolute Gasteiger partial charge is 0.277 e.